The molecule has 0 saturated carbocycles. The summed E-state index contributed by atoms with van der Waals surface area (Å²) < 4.78 is 147. The number of pyridine rings is 1. The predicted molar refractivity (Wildman–Crippen MR) is 320 cm³/mol. The quantitative estimate of drug-likeness (QED) is 0.107. The first kappa shape index (κ1) is 34.7. The minimum Gasteiger partial charge on any atom is -0.458 e. The number of nitrogens with zero attached hydrogens (tertiary/aromatic N) is 4. The van der Waals surface area contributed by atoms with E-state index in [1.165, 1.54) is 6.07 Å². The van der Waals surface area contributed by atoms with Crippen LogP contribution < -0.4 is 9.30 Å². The highest BCUT2D eigenvalue weighted by atomic mass is 16.5. The van der Waals surface area contributed by atoms with Crippen LogP contribution in [-0.4, -0.2) is 14.1 Å². The van der Waals surface area contributed by atoms with Gasteiger partial charge in [-0.2, -0.15) is 0 Å². The summed E-state index contributed by atoms with van der Waals surface area (Å²) in [5.74, 6) is 1.65. The molecule has 9 aromatic carbocycles. The van der Waals surface area contributed by atoms with Crippen LogP contribution in [0.3, 0.4) is 0 Å². The van der Waals surface area contributed by atoms with E-state index in [4.69, 9.17) is 24.8 Å². The van der Waals surface area contributed by atoms with E-state index in [0.717, 1.165) is 44.3 Å². The van der Waals surface area contributed by atoms with E-state index in [2.05, 4.69) is 97.5 Å². The fourth-order valence-electron chi connectivity index (χ4n) is 9.96. The van der Waals surface area contributed by atoms with Crippen molar-refractivity contribution in [3.05, 3.63) is 247 Å². The van der Waals surface area contributed by atoms with E-state index in [-0.39, 0.29) is 44.5 Å². The highest BCUT2D eigenvalue weighted by molar-refractivity contribution is 6.09. The Hall–Kier alpha value is -8.80. The van der Waals surface area contributed by atoms with Crippen molar-refractivity contribution in [2.24, 2.45) is 0 Å². The number of rotatable bonds is 9. The molecule has 0 aliphatic rings. The van der Waals surface area contributed by atoms with Gasteiger partial charge in [0, 0.05) is 23.0 Å². The molecule has 77 heavy (non-hydrogen) atoms. The van der Waals surface area contributed by atoms with Gasteiger partial charge in [0.1, 0.15) is 17.3 Å². The Morgan fingerprint density at radius 3 is 1.71 bits per heavy atom. The smallest absolute Gasteiger partial charge is 0.269 e. The molecule has 0 atom stereocenters. The molecule has 0 saturated heterocycles. The number of fused-ring (bicyclic) bond motifs is 4. The van der Waals surface area contributed by atoms with E-state index in [9.17, 15) is 5.48 Å². The molecule has 0 radical (unpaired) electrons. The molecule has 3 heterocycles. The van der Waals surface area contributed by atoms with E-state index in [1.54, 1.807) is 51.6 Å². The first-order chi connectivity index (χ1) is 43.3. The lowest BCUT2D eigenvalue weighted by atomic mass is 9.78. The first-order valence-electron chi connectivity index (χ1n) is 33.1. The molecule has 378 valence electrons. The van der Waals surface area contributed by atoms with Crippen molar-refractivity contribution in [3.63, 3.8) is 0 Å². The Morgan fingerprint density at radius 1 is 0.455 bits per heavy atom. The second-order valence-corrected chi connectivity index (χ2v) is 22.5. The molecule has 0 unspecified atom stereocenters. The van der Waals surface area contributed by atoms with Gasteiger partial charge in [0.05, 0.1) is 54.0 Å². The highest BCUT2D eigenvalue weighted by Crippen LogP contribution is 2.43. The van der Waals surface area contributed by atoms with Gasteiger partial charge in [0.2, 0.25) is 0 Å². The maximum Gasteiger partial charge on any atom is 0.269 e. The molecule has 0 amide bonds. The molecule has 0 fully saturated rings. The van der Waals surface area contributed by atoms with Crippen molar-refractivity contribution >= 4 is 32.8 Å². The lowest BCUT2D eigenvalue weighted by molar-refractivity contribution is -0.571. The average molecular weight is 1020 g/mol. The van der Waals surface area contributed by atoms with Crippen LogP contribution in [0.5, 0.6) is 11.5 Å². The second kappa shape index (κ2) is 19.1. The summed E-state index contributed by atoms with van der Waals surface area (Å²) in [6, 6.07) is 31.3. The highest BCUT2D eigenvalue weighted by Gasteiger charge is 2.26. The lowest BCUT2D eigenvalue weighted by Crippen LogP contribution is -2.31. The third-order valence-corrected chi connectivity index (χ3v) is 14.1. The second-order valence-electron chi connectivity index (χ2n) is 22.5. The fraction of sp³-hybridized carbons (Fsp3) is 0.167. The molecule has 0 spiro atoms. The summed E-state index contributed by atoms with van der Waals surface area (Å²) in [5.41, 5.74) is 5.87. The predicted octanol–water partition coefficient (Wildman–Crippen LogP) is 18.6. The third-order valence-electron chi connectivity index (χ3n) is 14.1. The Balaban J connectivity index is 1.18. The van der Waals surface area contributed by atoms with Gasteiger partial charge in [0.15, 0.2) is 0 Å². The van der Waals surface area contributed by atoms with Crippen LogP contribution in [0.1, 0.15) is 99.6 Å². The van der Waals surface area contributed by atoms with Crippen molar-refractivity contribution in [2.75, 3.05) is 0 Å². The Labute approximate surface area is 474 Å². The van der Waals surface area contributed by atoms with Crippen LogP contribution in [0.15, 0.2) is 224 Å². The third kappa shape index (κ3) is 9.41. The molecule has 0 N–H and O–H groups in total. The SMILES string of the molecule is [2H]c1c([2H])c([2H])c(-c2cc(-c3cc(C(C)(C)C)cc(C(C)(C)C)c3)c(-[n+]3[c-]n(-c4cccc(Oc5ccc6c7ccccc7n(-c7cc(C(C)(C)C)ccn7)c6c5)c4)c4cc(-c5c([2H])c([2H])c([2H])c([2H])c5[2H])ccc43)c(-c3c([2H])c([2H])c([2H])c([2H])c3[2H])c2)c([2H])c1[2H]. The van der Waals surface area contributed by atoms with Crippen LogP contribution in [0.4, 0.5) is 0 Å². The monoisotopic (exact) mass is 1020 g/mol. The van der Waals surface area contributed by atoms with Gasteiger partial charge in [-0.05, 0) is 144 Å². The van der Waals surface area contributed by atoms with Gasteiger partial charge < -0.3 is 4.74 Å². The summed E-state index contributed by atoms with van der Waals surface area (Å²) in [7, 11) is 0. The molecular weight excluding hydrogens is 937 g/mol. The maximum absolute atomic E-state index is 9.63. The van der Waals surface area contributed by atoms with Crippen LogP contribution in [0.25, 0.3) is 94.5 Å². The minimum absolute atomic E-state index is 0.0139. The zero-order valence-electron chi connectivity index (χ0n) is 59.4. The minimum atomic E-state index is -0.650. The van der Waals surface area contributed by atoms with Crippen molar-refractivity contribution < 1.29 is 29.9 Å². The van der Waals surface area contributed by atoms with Crippen LogP contribution in [-0.2, 0) is 16.2 Å². The maximum atomic E-state index is 9.63. The number of ether oxygens (including phenoxy) is 1. The topological polar surface area (TPSA) is 35.9 Å². The molecule has 5 nitrogen and oxygen atoms in total. The Kier molecular flexibility index (Phi) is 8.61. The van der Waals surface area contributed by atoms with Crippen molar-refractivity contribution in [1.29, 1.82) is 0 Å². The summed E-state index contributed by atoms with van der Waals surface area (Å²) >= 11 is 0. The summed E-state index contributed by atoms with van der Waals surface area (Å²) in [6.45, 7) is 18.9. The molecule has 5 heteroatoms. The fourth-order valence-corrected chi connectivity index (χ4v) is 9.96. The van der Waals surface area contributed by atoms with Crippen molar-refractivity contribution in [1.82, 2.24) is 14.1 Å². The molecule has 0 aliphatic carbocycles. The number of imidazole rings is 1. The molecule has 12 rings (SSSR count). The van der Waals surface area contributed by atoms with E-state index in [0.29, 0.717) is 39.3 Å². The van der Waals surface area contributed by atoms with Crippen LogP contribution in [0.2, 0.25) is 0 Å². The molecule has 3 aromatic heterocycles. The van der Waals surface area contributed by atoms with E-state index < -0.39 is 101 Å². The van der Waals surface area contributed by atoms with Gasteiger partial charge >= 0.3 is 0 Å². The lowest BCUT2D eigenvalue weighted by Gasteiger charge is -2.27. The van der Waals surface area contributed by atoms with Crippen LogP contribution >= 0.6 is 0 Å². The standard InChI is InChI=1S/C72H64N4O/c1-70(2,3)54-36-37-73-68(44-54)76-64-31-20-19-30-60(64)61-34-33-59(46-66(61)76)77-58-29-21-28-57(45-58)74-47-75(65-35-32-51(42-67(65)74)48-22-13-10-14-23-48)69-62(50-26-17-12-18-27-50)40-52(49-24-15-11-16-25-49)41-63(69)53-38-55(71(4,5)6)43-56(39-53)72(7,8)9/h10-46H,1-9H3/i10D,11D,12D,13D,14D,15D,16D,17D,18D,22D,23D,24D,25D,26D,27D. The molecule has 12 aromatic rings. The zero-order chi connectivity index (χ0) is 66.3. The molecular formula is C72H64N4O. The van der Waals surface area contributed by atoms with Crippen LogP contribution in [0, 0.1) is 6.33 Å². The molecule has 0 bridgehead atoms. The van der Waals surface area contributed by atoms with Crippen molar-refractivity contribution in [3.8, 4) is 73.2 Å². The number of hydrogen-bond donors (Lipinski definition) is 0. The van der Waals surface area contributed by atoms with E-state index >= 15 is 0 Å². The average Bonchev–Trinajstić information content (AvgIpc) is 1.35. The van der Waals surface area contributed by atoms with Gasteiger partial charge in [0.25, 0.3) is 6.33 Å². The number of hydrogen-bond acceptors (Lipinski definition) is 2. The van der Waals surface area contributed by atoms with Gasteiger partial charge in [-0.1, -0.05) is 208 Å². The Morgan fingerprint density at radius 2 is 1.05 bits per heavy atom. The number of para-hydroxylation sites is 1. The number of benzene rings is 9. The van der Waals surface area contributed by atoms with E-state index in [1.807, 2.05) is 60.8 Å². The summed E-state index contributed by atoms with van der Waals surface area (Å²) in [4.78, 5) is 4.86. The molecule has 0 aliphatic heterocycles. The first-order valence-corrected chi connectivity index (χ1v) is 25.6. The van der Waals surface area contributed by atoms with Crippen molar-refractivity contribution in [2.45, 2.75) is 78.6 Å². The van der Waals surface area contributed by atoms with Gasteiger partial charge in [-0.3, -0.25) is 13.7 Å². The summed E-state index contributed by atoms with van der Waals surface area (Å²) in [6.07, 6.45) is 5.41. The number of aromatic nitrogens is 4. The largest absolute Gasteiger partial charge is 0.458 e. The van der Waals surface area contributed by atoms with Gasteiger partial charge in [-0.15, -0.1) is 0 Å². The Bertz CT molecular complexity index is 4990. The van der Waals surface area contributed by atoms with Gasteiger partial charge in [-0.25, -0.2) is 4.98 Å². The zero-order valence-corrected chi connectivity index (χ0v) is 44.4. The normalized spacial score (nSPS) is 14.9. The summed E-state index contributed by atoms with van der Waals surface area (Å²) in [5, 5.41) is 2.02.